The molecule has 0 aliphatic rings. The maximum absolute atomic E-state index is 13.0. The molecule has 0 saturated heterocycles. The van der Waals surface area contributed by atoms with Crippen LogP contribution in [0.5, 0.6) is 0 Å². The molecule has 0 unspecified atom stereocenters. The molecular weight excluding hydrogens is 161 g/mol. The summed E-state index contributed by atoms with van der Waals surface area (Å²) in [7, 11) is 0. The molecule has 3 nitrogen and oxygen atoms in total. The fourth-order valence-corrected chi connectivity index (χ4v) is 0.929. The summed E-state index contributed by atoms with van der Waals surface area (Å²) < 4.78 is 17.7. The zero-order valence-corrected chi connectivity index (χ0v) is 7.89. The van der Waals surface area contributed by atoms with Crippen LogP contribution in [0.25, 0.3) is 0 Å². The first-order chi connectivity index (χ1) is 5.37. The molecule has 0 aliphatic carbocycles. The van der Waals surface area contributed by atoms with E-state index in [1.165, 1.54) is 13.8 Å². The van der Waals surface area contributed by atoms with E-state index in [0.29, 0.717) is 6.61 Å². The smallest absolute Gasteiger partial charge is 0.364 e. The van der Waals surface area contributed by atoms with E-state index in [-0.39, 0.29) is 6.42 Å². The predicted octanol–water partition coefficient (Wildman–Crippen LogP) is 0.298. The maximum atomic E-state index is 13.0. The summed E-state index contributed by atoms with van der Waals surface area (Å²) in [5.74, 6) is -0.428. The van der Waals surface area contributed by atoms with E-state index in [2.05, 4.69) is 10.5 Å². The predicted molar refractivity (Wildman–Crippen MR) is 43.1 cm³/mol. The van der Waals surface area contributed by atoms with Gasteiger partial charge < -0.3 is 10.5 Å². The van der Waals surface area contributed by atoms with E-state index in [1.807, 2.05) is 0 Å². The molecule has 0 rings (SSSR count). The number of rotatable bonds is 4. The van der Waals surface area contributed by atoms with Gasteiger partial charge in [0.1, 0.15) is 5.67 Å². The molecule has 0 bridgehead atoms. The van der Waals surface area contributed by atoms with Crippen LogP contribution in [-0.2, 0) is 9.53 Å². The third-order valence-electron chi connectivity index (χ3n) is 1.35. The van der Waals surface area contributed by atoms with Crippen LogP contribution in [0, 0.1) is 0 Å². The average molecular weight is 178 g/mol. The molecule has 0 aromatic heterocycles. The Bertz CT molecular complexity index is 154. The number of quaternary nitrogens is 1. The fraction of sp³-hybridized carbons (Fsp3) is 0.875. The molecule has 0 fully saturated rings. The molecule has 0 amide bonds. The molecule has 0 aromatic carbocycles. The Morgan fingerprint density at radius 3 is 2.50 bits per heavy atom. The number of alkyl halides is 1. The molecule has 1 atom stereocenters. The van der Waals surface area contributed by atoms with Gasteiger partial charge in [0.2, 0.25) is 0 Å². The number of hydrogen-bond acceptors (Lipinski definition) is 2. The SMILES string of the molecule is CCOC(=O)[C@@H]([NH3+])CC(C)(C)F. The first-order valence-electron chi connectivity index (χ1n) is 4.05. The first-order valence-corrected chi connectivity index (χ1v) is 4.05. The fourth-order valence-electron chi connectivity index (χ4n) is 0.929. The topological polar surface area (TPSA) is 53.9 Å². The molecule has 12 heavy (non-hydrogen) atoms. The molecule has 72 valence electrons. The second kappa shape index (κ2) is 4.40. The van der Waals surface area contributed by atoms with Crippen molar-refractivity contribution in [1.29, 1.82) is 0 Å². The highest BCUT2D eigenvalue weighted by Crippen LogP contribution is 2.14. The Morgan fingerprint density at radius 1 is 1.67 bits per heavy atom. The lowest BCUT2D eigenvalue weighted by Crippen LogP contribution is -2.66. The number of esters is 1. The summed E-state index contributed by atoms with van der Waals surface area (Å²) in [6, 6.07) is -0.607. The minimum Gasteiger partial charge on any atom is -0.462 e. The van der Waals surface area contributed by atoms with Gasteiger partial charge in [-0.05, 0) is 20.8 Å². The van der Waals surface area contributed by atoms with E-state index < -0.39 is 17.7 Å². The molecule has 0 heterocycles. The van der Waals surface area contributed by atoms with E-state index in [9.17, 15) is 9.18 Å². The molecule has 0 aromatic rings. The Kier molecular flexibility index (Phi) is 4.17. The second-order valence-electron chi connectivity index (χ2n) is 3.37. The van der Waals surface area contributed by atoms with Gasteiger partial charge in [0.15, 0.2) is 6.04 Å². The van der Waals surface area contributed by atoms with Crippen molar-refractivity contribution < 1.29 is 19.7 Å². The van der Waals surface area contributed by atoms with E-state index >= 15 is 0 Å². The van der Waals surface area contributed by atoms with Crippen LogP contribution in [0.15, 0.2) is 0 Å². The number of carbonyl (C=O) groups is 1. The Hall–Kier alpha value is -0.640. The monoisotopic (exact) mass is 178 g/mol. The van der Waals surface area contributed by atoms with Gasteiger partial charge in [0.05, 0.1) is 6.61 Å². The standard InChI is InChI=1S/C8H16FNO2/c1-4-12-7(11)6(10)5-8(2,3)9/h6H,4-5,10H2,1-3H3/p+1/t6-/m0/s1. The normalized spacial score (nSPS) is 14.1. The van der Waals surface area contributed by atoms with Crippen LogP contribution in [0.4, 0.5) is 4.39 Å². The number of hydrogen-bond donors (Lipinski definition) is 1. The summed E-state index contributed by atoms with van der Waals surface area (Å²) in [5.41, 5.74) is 2.17. The largest absolute Gasteiger partial charge is 0.462 e. The van der Waals surface area contributed by atoms with Crippen molar-refractivity contribution in [1.82, 2.24) is 0 Å². The van der Waals surface area contributed by atoms with Crippen LogP contribution < -0.4 is 5.73 Å². The van der Waals surface area contributed by atoms with E-state index in [4.69, 9.17) is 0 Å². The van der Waals surface area contributed by atoms with Gasteiger partial charge in [-0.3, -0.25) is 0 Å². The minimum atomic E-state index is -1.36. The lowest BCUT2D eigenvalue weighted by atomic mass is 10.0. The zero-order chi connectivity index (χ0) is 9.78. The van der Waals surface area contributed by atoms with Gasteiger partial charge in [0.25, 0.3) is 0 Å². The van der Waals surface area contributed by atoms with Crippen LogP contribution in [0.3, 0.4) is 0 Å². The molecule has 4 heteroatoms. The Labute approximate surface area is 72.1 Å². The quantitative estimate of drug-likeness (QED) is 0.629. The summed E-state index contributed by atoms with van der Waals surface area (Å²) in [4.78, 5) is 11.0. The minimum absolute atomic E-state index is 0.103. The van der Waals surface area contributed by atoms with Crippen molar-refractivity contribution in [2.75, 3.05) is 6.61 Å². The maximum Gasteiger partial charge on any atom is 0.364 e. The molecule has 0 spiro atoms. The molecule has 0 aliphatic heterocycles. The molecule has 0 saturated carbocycles. The highest BCUT2D eigenvalue weighted by Gasteiger charge is 2.28. The lowest BCUT2D eigenvalue weighted by molar-refractivity contribution is -0.413. The third kappa shape index (κ3) is 5.07. The van der Waals surface area contributed by atoms with Gasteiger partial charge >= 0.3 is 5.97 Å². The van der Waals surface area contributed by atoms with E-state index in [1.54, 1.807) is 6.92 Å². The second-order valence-corrected chi connectivity index (χ2v) is 3.37. The van der Waals surface area contributed by atoms with Gasteiger partial charge in [-0.1, -0.05) is 0 Å². The Morgan fingerprint density at radius 2 is 2.17 bits per heavy atom. The first kappa shape index (κ1) is 11.4. The summed E-state index contributed by atoms with van der Waals surface area (Å²) in [5, 5.41) is 0. The summed E-state index contributed by atoms with van der Waals surface area (Å²) in [6.45, 7) is 4.87. The van der Waals surface area contributed by atoms with Crippen LogP contribution in [-0.4, -0.2) is 24.3 Å². The third-order valence-corrected chi connectivity index (χ3v) is 1.35. The number of carbonyl (C=O) groups excluding carboxylic acids is 1. The van der Waals surface area contributed by atoms with Crippen molar-refractivity contribution in [3.05, 3.63) is 0 Å². The van der Waals surface area contributed by atoms with Crippen molar-refractivity contribution in [3.63, 3.8) is 0 Å². The van der Waals surface area contributed by atoms with E-state index in [0.717, 1.165) is 0 Å². The molecular formula is C8H17FNO2+. The summed E-state index contributed by atoms with van der Waals surface area (Å²) >= 11 is 0. The van der Waals surface area contributed by atoms with Gasteiger partial charge in [-0.25, -0.2) is 9.18 Å². The highest BCUT2D eigenvalue weighted by atomic mass is 19.1. The number of ether oxygens (including phenoxy) is 1. The highest BCUT2D eigenvalue weighted by molar-refractivity contribution is 5.74. The van der Waals surface area contributed by atoms with Gasteiger partial charge in [0, 0.05) is 6.42 Å². The average Bonchev–Trinajstić information content (AvgIpc) is 1.84. The van der Waals surface area contributed by atoms with Crippen LogP contribution in [0.1, 0.15) is 27.2 Å². The van der Waals surface area contributed by atoms with Crippen LogP contribution in [0.2, 0.25) is 0 Å². The molecule has 3 N–H and O–H groups in total. The zero-order valence-electron chi connectivity index (χ0n) is 7.89. The van der Waals surface area contributed by atoms with Crippen molar-refractivity contribution in [2.24, 2.45) is 0 Å². The van der Waals surface area contributed by atoms with Gasteiger partial charge in [-0.15, -0.1) is 0 Å². The van der Waals surface area contributed by atoms with Gasteiger partial charge in [-0.2, -0.15) is 0 Å². The summed E-state index contributed by atoms with van der Waals surface area (Å²) in [6.07, 6.45) is 0.103. The van der Waals surface area contributed by atoms with Crippen LogP contribution >= 0.6 is 0 Å². The van der Waals surface area contributed by atoms with Crippen molar-refractivity contribution in [3.8, 4) is 0 Å². The Balaban J connectivity index is 3.87. The lowest BCUT2D eigenvalue weighted by Gasteiger charge is -2.15. The number of halogens is 1. The van der Waals surface area contributed by atoms with Crippen molar-refractivity contribution in [2.45, 2.75) is 38.9 Å². The van der Waals surface area contributed by atoms with Crippen molar-refractivity contribution >= 4 is 5.97 Å². The molecule has 0 radical (unpaired) electrons.